The first-order valence-corrected chi connectivity index (χ1v) is 24.9. The highest BCUT2D eigenvalue weighted by Gasteiger charge is 2.19. The summed E-state index contributed by atoms with van der Waals surface area (Å²) < 4.78 is 16.7. The van der Waals surface area contributed by atoms with Gasteiger partial charge in [0.2, 0.25) is 0 Å². The van der Waals surface area contributed by atoms with Crippen LogP contribution in [0.2, 0.25) is 0 Å². The van der Waals surface area contributed by atoms with Crippen LogP contribution in [0.3, 0.4) is 0 Å². The molecule has 6 nitrogen and oxygen atoms in total. The summed E-state index contributed by atoms with van der Waals surface area (Å²) in [6.45, 7) is 8.98. The number of carbonyl (C=O) groups excluding carboxylic acids is 3. The summed E-state index contributed by atoms with van der Waals surface area (Å²) in [6.07, 6.45) is 45.2. The number of unbranched alkanes of at least 4 members (excludes halogenated alkanes) is 31. The Bertz CT molecular complexity index is 843. The lowest BCUT2D eigenvalue weighted by Crippen LogP contribution is -2.30. The summed E-state index contributed by atoms with van der Waals surface area (Å²) >= 11 is 0. The molecule has 0 amide bonds. The molecule has 0 aliphatic rings. The molecule has 6 heteroatoms. The maximum Gasteiger partial charge on any atom is 0.306 e. The molecule has 0 radical (unpaired) electrons. The summed E-state index contributed by atoms with van der Waals surface area (Å²) in [7, 11) is 0. The highest BCUT2D eigenvalue weighted by molar-refractivity contribution is 5.71. The van der Waals surface area contributed by atoms with Crippen LogP contribution in [0, 0.1) is 5.92 Å². The van der Waals surface area contributed by atoms with E-state index in [2.05, 4.69) is 27.7 Å². The first kappa shape index (κ1) is 54.4. The molecule has 0 aromatic carbocycles. The molecule has 0 rings (SSSR count). The summed E-state index contributed by atoms with van der Waals surface area (Å²) in [5.74, 6) is -0.0433. The lowest BCUT2D eigenvalue weighted by atomic mass is 10.00. The Labute approximate surface area is 348 Å². The fourth-order valence-corrected chi connectivity index (χ4v) is 7.48. The van der Waals surface area contributed by atoms with Gasteiger partial charge in [-0.2, -0.15) is 0 Å². The van der Waals surface area contributed by atoms with Gasteiger partial charge in [-0.05, 0) is 25.2 Å². The van der Waals surface area contributed by atoms with E-state index in [-0.39, 0.29) is 31.1 Å². The third kappa shape index (κ3) is 42.0. The first-order valence-electron chi connectivity index (χ1n) is 24.9. The molecule has 0 aromatic heterocycles. The average molecular weight is 793 g/mol. The van der Waals surface area contributed by atoms with Gasteiger partial charge >= 0.3 is 17.9 Å². The number of ether oxygens (including phenoxy) is 3. The number of esters is 3. The maximum atomic E-state index is 12.7. The minimum absolute atomic E-state index is 0.0641. The molecule has 56 heavy (non-hydrogen) atoms. The van der Waals surface area contributed by atoms with Crippen molar-refractivity contribution in [1.82, 2.24) is 0 Å². The van der Waals surface area contributed by atoms with Crippen molar-refractivity contribution in [2.45, 2.75) is 284 Å². The standard InChI is InChI=1S/C50H96O6/c1-5-8-10-12-14-16-18-19-20-21-22-23-24-25-27-29-34-38-42-49(52)55-45-47(56-50(53)43-39-35-31-30-32-36-40-46(4)7-3)44-54-48(51)41-37-33-28-26-17-15-13-11-9-6-2/h46-47H,5-45H2,1-4H3/t46?,47-/m0/s1. The van der Waals surface area contributed by atoms with Crippen LogP contribution in [-0.2, 0) is 28.6 Å². The third-order valence-corrected chi connectivity index (χ3v) is 11.7. The van der Waals surface area contributed by atoms with Gasteiger partial charge in [0.1, 0.15) is 13.2 Å². The van der Waals surface area contributed by atoms with Crippen molar-refractivity contribution in [2.75, 3.05) is 13.2 Å². The molecular weight excluding hydrogens is 697 g/mol. The lowest BCUT2D eigenvalue weighted by molar-refractivity contribution is -0.167. The normalized spacial score (nSPS) is 12.4. The van der Waals surface area contributed by atoms with E-state index in [4.69, 9.17) is 14.2 Å². The molecule has 0 aliphatic heterocycles. The van der Waals surface area contributed by atoms with Gasteiger partial charge in [-0.1, -0.05) is 240 Å². The zero-order chi connectivity index (χ0) is 41.0. The Morgan fingerprint density at radius 1 is 0.357 bits per heavy atom. The van der Waals surface area contributed by atoms with Crippen molar-refractivity contribution in [3.63, 3.8) is 0 Å². The Morgan fingerprint density at radius 3 is 0.929 bits per heavy atom. The number of hydrogen-bond acceptors (Lipinski definition) is 6. The second kappa shape index (κ2) is 44.5. The molecule has 0 fully saturated rings. The molecule has 0 bridgehead atoms. The fraction of sp³-hybridized carbons (Fsp3) is 0.940. The molecule has 0 saturated carbocycles. The van der Waals surface area contributed by atoms with E-state index >= 15 is 0 Å². The van der Waals surface area contributed by atoms with Crippen LogP contribution in [0.15, 0.2) is 0 Å². The zero-order valence-electron chi connectivity index (χ0n) is 38.1. The molecule has 1 unspecified atom stereocenters. The van der Waals surface area contributed by atoms with Crippen LogP contribution in [0.1, 0.15) is 278 Å². The summed E-state index contributed by atoms with van der Waals surface area (Å²) in [5, 5.41) is 0. The molecule has 0 aliphatic carbocycles. The molecular formula is C50H96O6. The quantitative estimate of drug-likeness (QED) is 0.0347. The van der Waals surface area contributed by atoms with Crippen molar-refractivity contribution in [2.24, 2.45) is 5.92 Å². The Kier molecular flexibility index (Phi) is 43.2. The minimum atomic E-state index is -0.760. The number of rotatable bonds is 45. The largest absolute Gasteiger partial charge is 0.462 e. The highest BCUT2D eigenvalue weighted by atomic mass is 16.6. The Balaban J connectivity index is 4.23. The molecule has 0 N–H and O–H groups in total. The van der Waals surface area contributed by atoms with Crippen molar-refractivity contribution < 1.29 is 28.6 Å². The molecule has 332 valence electrons. The molecule has 0 saturated heterocycles. The van der Waals surface area contributed by atoms with Gasteiger partial charge in [-0.3, -0.25) is 14.4 Å². The molecule has 0 heterocycles. The smallest absolute Gasteiger partial charge is 0.306 e. The van der Waals surface area contributed by atoms with Gasteiger partial charge < -0.3 is 14.2 Å². The molecule has 0 spiro atoms. The Morgan fingerprint density at radius 2 is 0.625 bits per heavy atom. The second-order valence-electron chi connectivity index (χ2n) is 17.3. The summed E-state index contributed by atoms with van der Waals surface area (Å²) in [6, 6.07) is 0. The van der Waals surface area contributed by atoms with Gasteiger partial charge in [-0.15, -0.1) is 0 Å². The fourth-order valence-electron chi connectivity index (χ4n) is 7.48. The van der Waals surface area contributed by atoms with Crippen molar-refractivity contribution in [1.29, 1.82) is 0 Å². The van der Waals surface area contributed by atoms with Crippen LogP contribution < -0.4 is 0 Å². The highest BCUT2D eigenvalue weighted by Crippen LogP contribution is 2.17. The Hall–Kier alpha value is -1.59. The van der Waals surface area contributed by atoms with E-state index in [1.165, 1.54) is 173 Å². The van der Waals surface area contributed by atoms with E-state index in [1.54, 1.807) is 0 Å². The van der Waals surface area contributed by atoms with Crippen LogP contribution >= 0.6 is 0 Å². The van der Waals surface area contributed by atoms with Crippen LogP contribution in [0.5, 0.6) is 0 Å². The van der Waals surface area contributed by atoms with E-state index in [1.807, 2.05) is 0 Å². The van der Waals surface area contributed by atoms with Crippen molar-refractivity contribution in [3.05, 3.63) is 0 Å². The van der Waals surface area contributed by atoms with Crippen LogP contribution in [-0.4, -0.2) is 37.2 Å². The van der Waals surface area contributed by atoms with Crippen molar-refractivity contribution >= 4 is 17.9 Å². The summed E-state index contributed by atoms with van der Waals surface area (Å²) in [5.41, 5.74) is 0. The molecule has 0 aromatic rings. The van der Waals surface area contributed by atoms with Crippen molar-refractivity contribution in [3.8, 4) is 0 Å². The third-order valence-electron chi connectivity index (χ3n) is 11.7. The van der Waals surface area contributed by atoms with Gasteiger partial charge in [0.05, 0.1) is 0 Å². The topological polar surface area (TPSA) is 78.9 Å². The van der Waals surface area contributed by atoms with Gasteiger partial charge in [0.15, 0.2) is 6.10 Å². The average Bonchev–Trinajstić information content (AvgIpc) is 3.19. The van der Waals surface area contributed by atoms with E-state index < -0.39 is 6.10 Å². The molecule has 2 atom stereocenters. The number of carbonyl (C=O) groups is 3. The van der Waals surface area contributed by atoms with Crippen LogP contribution in [0.4, 0.5) is 0 Å². The zero-order valence-corrected chi connectivity index (χ0v) is 38.1. The van der Waals surface area contributed by atoms with Crippen LogP contribution in [0.25, 0.3) is 0 Å². The lowest BCUT2D eigenvalue weighted by Gasteiger charge is -2.18. The van der Waals surface area contributed by atoms with E-state index in [0.29, 0.717) is 19.3 Å². The second-order valence-corrected chi connectivity index (χ2v) is 17.3. The summed E-state index contributed by atoms with van der Waals surface area (Å²) in [4.78, 5) is 37.8. The van der Waals surface area contributed by atoms with E-state index in [9.17, 15) is 14.4 Å². The monoisotopic (exact) mass is 793 g/mol. The maximum absolute atomic E-state index is 12.7. The first-order chi connectivity index (χ1) is 27.4. The predicted molar refractivity (Wildman–Crippen MR) is 238 cm³/mol. The van der Waals surface area contributed by atoms with Gasteiger partial charge in [-0.25, -0.2) is 0 Å². The number of hydrogen-bond donors (Lipinski definition) is 0. The van der Waals surface area contributed by atoms with E-state index in [0.717, 1.165) is 63.7 Å². The minimum Gasteiger partial charge on any atom is -0.462 e. The van der Waals surface area contributed by atoms with Gasteiger partial charge in [0.25, 0.3) is 0 Å². The predicted octanol–water partition coefficient (Wildman–Crippen LogP) is 15.9. The van der Waals surface area contributed by atoms with Gasteiger partial charge in [0, 0.05) is 19.3 Å². The SMILES string of the molecule is CCCCCCCCCCCCCCCCCCCCC(=O)OC[C@H](COC(=O)CCCCCCCCCCCC)OC(=O)CCCCCCCCC(C)CC.